The van der Waals surface area contributed by atoms with Crippen molar-refractivity contribution < 1.29 is 30.4 Å². The van der Waals surface area contributed by atoms with Gasteiger partial charge in [0.25, 0.3) is 5.91 Å². The lowest BCUT2D eigenvalue weighted by Gasteiger charge is -2.22. The number of nitrogens with zero attached hydrogens (tertiary/aromatic N) is 2. The first-order valence-corrected chi connectivity index (χ1v) is 9.40. The Labute approximate surface area is 186 Å². The zero-order valence-corrected chi connectivity index (χ0v) is 18.1. The zero-order chi connectivity index (χ0) is 22.3. The van der Waals surface area contributed by atoms with Crippen LogP contribution in [0, 0.1) is 18.3 Å². The number of aryl methyl sites for hydroxylation is 1. The number of anilines is 3. The molecule has 0 aromatic heterocycles. The second-order valence-corrected chi connectivity index (χ2v) is 6.52. The first-order chi connectivity index (χ1) is 14.2. The quantitative estimate of drug-likeness (QED) is 0.501. The lowest BCUT2D eigenvalue weighted by Crippen LogP contribution is -3.00. The van der Waals surface area contributed by atoms with Crippen molar-refractivity contribution in [1.82, 2.24) is 0 Å². The van der Waals surface area contributed by atoms with Gasteiger partial charge in [-0.25, -0.2) is 0 Å². The summed E-state index contributed by atoms with van der Waals surface area (Å²) in [6.07, 6.45) is -3.28. The molecule has 166 valence electrons. The maximum Gasteiger partial charge on any atom is 0.416 e. The molecule has 0 saturated heterocycles. The maximum atomic E-state index is 12.8. The predicted molar refractivity (Wildman–Crippen MR) is 112 cm³/mol. The number of rotatable bonds is 7. The van der Waals surface area contributed by atoms with Crippen LogP contribution < -0.4 is 27.9 Å². The number of alkyl halides is 3. The monoisotopic (exact) mass is 451 g/mol. The molecule has 0 fully saturated rings. The van der Waals surface area contributed by atoms with Gasteiger partial charge in [0.15, 0.2) is 0 Å². The highest BCUT2D eigenvalue weighted by molar-refractivity contribution is 6.06. The van der Waals surface area contributed by atoms with Gasteiger partial charge in [0.1, 0.15) is 11.6 Å². The highest BCUT2D eigenvalue weighted by Crippen LogP contribution is 2.30. The van der Waals surface area contributed by atoms with E-state index in [-0.39, 0.29) is 23.7 Å². The highest BCUT2D eigenvalue weighted by Gasteiger charge is 2.30. The standard InChI is InChI=1S/C22H23F3N4O.ClH/c1-4-29(5-2)19-9-10-20(15(3)11-19)27-14-16(13-26)21(30)28-18-8-6-7-17(12-18)22(23,24)25;/h6-12,14,27H,4-5H2,1-3H3,(H,28,30);1H/p-1/b16-14-;. The van der Waals surface area contributed by atoms with E-state index in [1.54, 1.807) is 6.07 Å². The lowest BCUT2D eigenvalue weighted by atomic mass is 10.1. The third-order valence-electron chi connectivity index (χ3n) is 4.52. The maximum absolute atomic E-state index is 12.8. The van der Waals surface area contributed by atoms with Crippen LogP contribution in [0.4, 0.5) is 30.2 Å². The molecule has 0 atom stereocenters. The Kier molecular flexibility index (Phi) is 9.41. The van der Waals surface area contributed by atoms with Crippen molar-refractivity contribution >= 4 is 23.0 Å². The van der Waals surface area contributed by atoms with E-state index in [0.29, 0.717) is 5.69 Å². The van der Waals surface area contributed by atoms with Crippen molar-refractivity contribution in [3.8, 4) is 6.07 Å². The van der Waals surface area contributed by atoms with E-state index in [4.69, 9.17) is 0 Å². The van der Waals surface area contributed by atoms with E-state index < -0.39 is 17.6 Å². The van der Waals surface area contributed by atoms with Crippen LogP contribution in [0.15, 0.2) is 54.2 Å². The molecule has 0 saturated carbocycles. The number of nitrogens with one attached hydrogen (secondary N) is 2. The summed E-state index contributed by atoms with van der Waals surface area (Å²) in [6.45, 7) is 7.78. The number of carbonyl (C=O) groups is 1. The van der Waals surface area contributed by atoms with E-state index in [1.807, 2.05) is 25.1 Å². The van der Waals surface area contributed by atoms with Gasteiger partial charge < -0.3 is 27.9 Å². The smallest absolute Gasteiger partial charge is 0.416 e. The minimum absolute atomic E-state index is 0. The average molecular weight is 452 g/mol. The first-order valence-electron chi connectivity index (χ1n) is 9.40. The average Bonchev–Trinajstić information content (AvgIpc) is 2.70. The van der Waals surface area contributed by atoms with Gasteiger partial charge in [0.05, 0.1) is 5.56 Å². The number of halogens is 4. The number of amides is 1. The molecule has 0 heterocycles. The SMILES string of the molecule is CCN(CC)c1ccc(N/C=C(/C#N)C(=O)Nc2cccc(C(F)(F)F)c2)c(C)c1.[Cl-]. The van der Waals surface area contributed by atoms with Crippen LogP contribution in [0.5, 0.6) is 0 Å². The van der Waals surface area contributed by atoms with Crippen molar-refractivity contribution in [2.24, 2.45) is 0 Å². The van der Waals surface area contributed by atoms with Crippen LogP contribution in [0.2, 0.25) is 0 Å². The third kappa shape index (κ3) is 6.93. The minimum atomic E-state index is -4.52. The molecule has 0 radical (unpaired) electrons. The van der Waals surface area contributed by atoms with Crippen LogP contribution >= 0.6 is 0 Å². The van der Waals surface area contributed by atoms with Gasteiger partial charge in [-0.3, -0.25) is 4.79 Å². The molecule has 2 aromatic rings. The molecule has 0 unspecified atom stereocenters. The van der Waals surface area contributed by atoms with E-state index in [1.165, 1.54) is 18.3 Å². The molecule has 0 aliphatic heterocycles. The Bertz CT molecular complexity index is 979. The highest BCUT2D eigenvalue weighted by atomic mass is 35.5. The van der Waals surface area contributed by atoms with Gasteiger partial charge in [-0.15, -0.1) is 0 Å². The third-order valence-corrected chi connectivity index (χ3v) is 4.52. The normalized spacial score (nSPS) is 11.2. The molecule has 2 aromatic carbocycles. The van der Waals surface area contributed by atoms with Gasteiger partial charge in [0, 0.05) is 36.4 Å². The number of benzene rings is 2. The molecular weight excluding hydrogens is 429 g/mol. The Hall–Kier alpha value is -3.18. The summed E-state index contributed by atoms with van der Waals surface area (Å²) in [5, 5.41) is 14.5. The van der Waals surface area contributed by atoms with Gasteiger partial charge in [-0.05, 0) is 62.7 Å². The summed E-state index contributed by atoms with van der Waals surface area (Å²) in [5.41, 5.74) is 1.51. The summed E-state index contributed by atoms with van der Waals surface area (Å²) in [4.78, 5) is 14.5. The number of nitriles is 1. The van der Waals surface area contributed by atoms with E-state index in [9.17, 15) is 23.2 Å². The van der Waals surface area contributed by atoms with Crippen LogP contribution in [0.25, 0.3) is 0 Å². The molecule has 0 aliphatic carbocycles. The molecule has 5 nitrogen and oxygen atoms in total. The zero-order valence-electron chi connectivity index (χ0n) is 17.3. The summed E-state index contributed by atoms with van der Waals surface area (Å²) in [7, 11) is 0. The Balaban J connectivity index is 0.00000480. The van der Waals surface area contributed by atoms with E-state index in [0.717, 1.165) is 36.5 Å². The molecule has 2 rings (SSSR count). The summed E-state index contributed by atoms with van der Waals surface area (Å²) in [6, 6.07) is 11.8. The van der Waals surface area contributed by atoms with Gasteiger partial charge in [-0.2, -0.15) is 18.4 Å². The van der Waals surface area contributed by atoms with E-state index in [2.05, 4.69) is 29.4 Å². The first kappa shape index (κ1) is 25.9. The molecule has 1 amide bonds. The summed E-state index contributed by atoms with van der Waals surface area (Å²) >= 11 is 0. The Morgan fingerprint density at radius 2 is 1.84 bits per heavy atom. The van der Waals surface area contributed by atoms with Crippen LogP contribution in [-0.2, 0) is 11.0 Å². The van der Waals surface area contributed by atoms with Gasteiger partial charge in [0.2, 0.25) is 0 Å². The van der Waals surface area contributed by atoms with Crippen molar-refractivity contribution in [3.05, 3.63) is 65.4 Å². The molecule has 0 bridgehead atoms. The largest absolute Gasteiger partial charge is 1.00 e. The Morgan fingerprint density at radius 1 is 1.16 bits per heavy atom. The van der Waals surface area contributed by atoms with Crippen molar-refractivity contribution in [2.75, 3.05) is 28.6 Å². The second-order valence-electron chi connectivity index (χ2n) is 6.52. The van der Waals surface area contributed by atoms with Crippen molar-refractivity contribution in [3.63, 3.8) is 0 Å². The molecule has 9 heteroatoms. The molecule has 0 spiro atoms. The fourth-order valence-corrected chi connectivity index (χ4v) is 2.87. The van der Waals surface area contributed by atoms with Gasteiger partial charge >= 0.3 is 6.18 Å². The fraction of sp³-hybridized carbons (Fsp3) is 0.273. The topological polar surface area (TPSA) is 68.2 Å². The van der Waals surface area contributed by atoms with Crippen LogP contribution in [0.1, 0.15) is 25.0 Å². The van der Waals surface area contributed by atoms with Crippen LogP contribution in [0.3, 0.4) is 0 Å². The predicted octanol–water partition coefficient (Wildman–Crippen LogP) is 2.32. The molecule has 0 aliphatic rings. The number of hydrogen-bond acceptors (Lipinski definition) is 4. The van der Waals surface area contributed by atoms with Gasteiger partial charge in [-0.1, -0.05) is 6.07 Å². The molecule has 31 heavy (non-hydrogen) atoms. The van der Waals surface area contributed by atoms with Crippen LogP contribution in [-0.4, -0.2) is 19.0 Å². The summed E-state index contributed by atoms with van der Waals surface area (Å²) < 4.78 is 38.4. The second kappa shape index (κ2) is 11.3. The summed E-state index contributed by atoms with van der Waals surface area (Å²) in [5.74, 6) is -0.804. The van der Waals surface area contributed by atoms with E-state index >= 15 is 0 Å². The lowest BCUT2D eigenvalue weighted by molar-refractivity contribution is -0.137. The molecule has 2 N–H and O–H groups in total. The minimum Gasteiger partial charge on any atom is -1.00 e. The fourth-order valence-electron chi connectivity index (χ4n) is 2.87. The number of carbonyl (C=O) groups excluding carboxylic acids is 1. The van der Waals surface area contributed by atoms with Crippen molar-refractivity contribution in [1.29, 1.82) is 5.26 Å². The molecular formula is C22H23ClF3N4O-. The number of hydrogen-bond donors (Lipinski definition) is 2. The Morgan fingerprint density at radius 3 is 2.39 bits per heavy atom. The van der Waals surface area contributed by atoms with Crippen molar-refractivity contribution in [2.45, 2.75) is 26.9 Å².